The number of aryl methyl sites for hydroxylation is 2. The molecule has 4 aromatic rings. The molecule has 2 saturated heterocycles. The van der Waals surface area contributed by atoms with E-state index in [1.807, 2.05) is 11.0 Å². The SMILES string of the molecule is CCc1cc2c(cc1N1CCN(C(=O)CCCN3CCC(C)(C)C(NC(=O)[C@H](CCCn4ccnc4[N+](=O)[O-])NC(=O)OC(C)(C)C)C3)CC1)C(C)(C)c1[nH]c3cc(C#N)ccc3c1C2=O. The molecule has 0 radical (unpaired) electrons. The van der Waals surface area contributed by atoms with Crippen molar-refractivity contribution in [3.8, 4) is 6.07 Å². The number of anilines is 1. The van der Waals surface area contributed by atoms with E-state index in [2.05, 4.69) is 83.2 Å². The standard InChI is InChI=1S/C49H64N10O7/c1-9-32-27-34-35(49(7,8)43-41(42(34)61)33-15-14-31(29-50)26-37(33)52-43)28-38(32)56-22-24-57(25-23-56)40(60)13-11-18-55-20-16-48(5,6)39(30-55)54-44(62)36(53-46(63)66-47(2,3)4)12-10-19-58-21-17-51-45(58)59(64)65/h14-15,17,21,26-28,36,39,52H,9-13,16,18-20,22-25,30H2,1-8H3,(H,53,63)(H,54,62)/t36-,39?/m0/s1. The summed E-state index contributed by atoms with van der Waals surface area (Å²) in [4.78, 5) is 79.2. The number of nitrogens with one attached hydrogen (secondary N) is 3. The average Bonchev–Trinajstić information content (AvgIpc) is 3.91. The fourth-order valence-corrected chi connectivity index (χ4v) is 9.73. The number of amides is 3. The van der Waals surface area contributed by atoms with E-state index in [4.69, 9.17) is 4.74 Å². The van der Waals surface area contributed by atoms with E-state index in [0.29, 0.717) is 75.2 Å². The van der Waals surface area contributed by atoms with Crippen LogP contribution < -0.4 is 15.5 Å². The van der Waals surface area contributed by atoms with Crippen LogP contribution in [-0.2, 0) is 32.7 Å². The number of aromatic nitrogens is 3. The molecule has 2 atom stereocenters. The van der Waals surface area contributed by atoms with E-state index in [1.54, 1.807) is 32.9 Å². The van der Waals surface area contributed by atoms with E-state index in [1.165, 1.54) is 17.0 Å². The van der Waals surface area contributed by atoms with Crippen molar-refractivity contribution in [3.05, 3.63) is 86.4 Å². The number of piperidine rings is 1. The number of piperazine rings is 1. The number of alkyl carbamates (subject to hydrolysis) is 1. The molecule has 0 spiro atoms. The number of hydrogen-bond donors (Lipinski definition) is 3. The Morgan fingerprint density at radius 3 is 2.48 bits per heavy atom. The summed E-state index contributed by atoms with van der Waals surface area (Å²) in [6.07, 6.45) is 5.39. The minimum atomic E-state index is -0.933. The number of hydrogen-bond acceptors (Lipinski definition) is 11. The van der Waals surface area contributed by atoms with Gasteiger partial charge in [-0.25, -0.2) is 9.36 Å². The molecule has 0 bridgehead atoms. The van der Waals surface area contributed by atoms with E-state index in [-0.39, 0.29) is 48.0 Å². The summed E-state index contributed by atoms with van der Waals surface area (Å²) in [6, 6.07) is 10.7. The number of carbonyl (C=O) groups is 4. The maximum Gasteiger partial charge on any atom is 0.434 e. The van der Waals surface area contributed by atoms with Crippen LogP contribution in [0.3, 0.4) is 0 Å². The molecular formula is C49H64N10O7. The van der Waals surface area contributed by atoms with E-state index in [0.717, 1.165) is 52.8 Å². The summed E-state index contributed by atoms with van der Waals surface area (Å²) in [6.45, 7) is 20.7. The number of benzene rings is 2. The van der Waals surface area contributed by atoms with E-state index >= 15 is 0 Å². The first-order valence-electron chi connectivity index (χ1n) is 23.2. The first kappa shape index (κ1) is 47.7. The Balaban J connectivity index is 0.932. The van der Waals surface area contributed by atoms with Gasteiger partial charge in [-0.15, -0.1) is 0 Å². The van der Waals surface area contributed by atoms with Crippen LogP contribution in [-0.4, -0.2) is 116 Å². The third kappa shape index (κ3) is 10.1. The summed E-state index contributed by atoms with van der Waals surface area (Å²) < 4.78 is 6.88. The van der Waals surface area contributed by atoms with Gasteiger partial charge in [-0.3, -0.25) is 14.4 Å². The van der Waals surface area contributed by atoms with Crippen LogP contribution in [0.1, 0.15) is 126 Å². The molecule has 352 valence electrons. The number of nitriles is 1. The first-order chi connectivity index (χ1) is 31.2. The number of fused-ring (bicyclic) bond motifs is 4. The normalized spacial score (nSPS) is 18.5. The summed E-state index contributed by atoms with van der Waals surface area (Å²) >= 11 is 0. The molecule has 1 aliphatic carbocycles. The zero-order valence-electron chi connectivity index (χ0n) is 39.6. The smallest absolute Gasteiger partial charge is 0.434 e. The highest BCUT2D eigenvalue weighted by atomic mass is 16.6. The van der Waals surface area contributed by atoms with Crippen LogP contribution >= 0.6 is 0 Å². The third-order valence-electron chi connectivity index (χ3n) is 13.7. The van der Waals surface area contributed by atoms with Crippen molar-refractivity contribution < 1.29 is 28.8 Å². The summed E-state index contributed by atoms with van der Waals surface area (Å²) in [5.41, 5.74) is 5.23. The number of likely N-dealkylation sites (tertiary alicyclic amines) is 1. The molecule has 1 unspecified atom stereocenters. The number of imidazole rings is 1. The molecular weight excluding hydrogens is 841 g/mol. The van der Waals surface area contributed by atoms with Gasteiger partial charge < -0.3 is 45.2 Å². The van der Waals surface area contributed by atoms with Crippen LogP contribution in [0, 0.1) is 26.9 Å². The Bertz CT molecular complexity index is 2550. The number of rotatable bonds is 14. The minimum absolute atomic E-state index is 0.00648. The Labute approximate surface area is 386 Å². The predicted molar refractivity (Wildman–Crippen MR) is 250 cm³/mol. The second-order valence-corrected chi connectivity index (χ2v) is 20.2. The number of nitro groups is 1. The number of aromatic amines is 1. The zero-order valence-corrected chi connectivity index (χ0v) is 39.6. The van der Waals surface area contributed by atoms with Gasteiger partial charge in [-0.2, -0.15) is 5.26 Å². The van der Waals surface area contributed by atoms with Gasteiger partial charge in [0.1, 0.15) is 24.0 Å². The van der Waals surface area contributed by atoms with E-state index < -0.39 is 28.1 Å². The number of ketones is 1. The van der Waals surface area contributed by atoms with Gasteiger partial charge in [0.15, 0.2) is 5.78 Å². The van der Waals surface area contributed by atoms with Gasteiger partial charge in [0.25, 0.3) is 0 Å². The molecule has 3 amide bonds. The molecule has 3 aliphatic rings. The van der Waals surface area contributed by atoms with Gasteiger partial charge >= 0.3 is 12.0 Å². The Morgan fingerprint density at radius 2 is 1.80 bits per heavy atom. The highest BCUT2D eigenvalue weighted by Crippen LogP contribution is 2.46. The van der Waals surface area contributed by atoms with Crippen molar-refractivity contribution in [2.75, 3.05) is 50.7 Å². The maximum atomic E-state index is 14.2. The first-order valence-corrected chi connectivity index (χ1v) is 23.2. The topological polar surface area (TPSA) is 212 Å². The fraction of sp³-hybridized carbons (Fsp3) is 0.551. The molecule has 7 rings (SSSR count). The van der Waals surface area contributed by atoms with Crippen molar-refractivity contribution in [1.82, 2.24) is 35.0 Å². The highest BCUT2D eigenvalue weighted by Gasteiger charge is 2.41. The molecule has 66 heavy (non-hydrogen) atoms. The lowest BCUT2D eigenvalue weighted by atomic mass is 9.70. The molecule has 0 saturated carbocycles. The van der Waals surface area contributed by atoms with Crippen molar-refractivity contribution in [2.45, 2.75) is 124 Å². The molecule has 2 aromatic carbocycles. The lowest BCUT2D eigenvalue weighted by molar-refractivity contribution is -0.396. The third-order valence-corrected chi connectivity index (χ3v) is 13.7. The Hall–Kier alpha value is -6.28. The van der Waals surface area contributed by atoms with Crippen molar-refractivity contribution in [1.29, 1.82) is 5.26 Å². The molecule has 4 heterocycles. The lowest BCUT2D eigenvalue weighted by Gasteiger charge is -2.44. The monoisotopic (exact) mass is 904 g/mol. The zero-order chi connectivity index (χ0) is 47.7. The highest BCUT2D eigenvalue weighted by molar-refractivity contribution is 6.20. The lowest BCUT2D eigenvalue weighted by Crippen LogP contribution is -2.59. The van der Waals surface area contributed by atoms with Gasteiger partial charge in [0.2, 0.25) is 11.8 Å². The molecule has 2 fully saturated rings. The molecule has 17 heteroatoms. The second kappa shape index (κ2) is 18.9. The van der Waals surface area contributed by atoms with Gasteiger partial charge in [-0.1, -0.05) is 45.7 Å². The van der Waals surface area contributed by atoms with Crippen LogP contribution in [0.2, 0.25) is 0 Å². The van der Waals surface area contributed by atoms with Crippen molar-refractivity contribution >= 4 is 46.2 Å². The largest absolute Gasteiger partial charge is 0.444 e. The Morgan fingerprint density at radius 1 is 1.06 bits per heavy atom. The van der Waals surface area contributed by atoms with Gasteiger partial charge in [0.05, 0.1) is 23.7 Å². The molecule has 17 nitrogen and oxygen atoms in total. The molecule has 2 aromatic heterocycles. The van der Waals surface area contributed by atoms with Crippen LogP contribution in [0.4, 0.5) is 16.4 Å². The van der Waals surface area contributed by atoms with Gasteiger partial charge in [0, 0.05) is 78.4 Å². The van der Waals surface area contributed by atoms with Crippen molar-refractivity contribution in [3.63, 3.8) is 0 Å². The molecule has 3 N–H and O–H groups in total. The number of carbonyl (C=O) groups excluding carboxylic acids is 4. The Kier molecular flexibility index (Phi) is 13.7. The van der Waals surface area contributed by atoms with Crippen molar-refractivity contribution in [2.24, 2.45) is 5.41 Å². The summed E-state index contributed by atoms with van der Waals surface area (Å²) in [5.74, 6) is -0.528. The second-order valence-electron chi connectivity index (χ2n) is 20.2. The minimum Gasteiger partial charge on any atom is -0.444 e. The fourth-order valence-electron chi connectivity index (χ4n) is 9.73. The van der Waals surface area contributed by atoms with Crippen LogP contribution in [0.15, 0.2) is 42.7 Å². The average molecular weight is 905 g/mol. The summed E-state index contributed by atoms with van der Waals surface area (Å²) in [7, 11) is 0. The number of H-pyrrole nitrogens is 1. The van der Waals surface area contributed by atoms with Crippen LogP contribution in [0.5, 0.6) is 0 Å². The summed E-state index contributed by atoms with van der Waals surface area (Å²) in [5, 5.41) is 27.6. The predicted octanol–water partition coefficient (Wildman–Crippen LogP) is 6.60. The molecule has 2 aliphatic heterocycles. The number of ether oxygens (including phenoxy) is 1. The van der Waals surface area contributed by atoms with Crippen LogP contribution in [0.25, 0.3) is 10.9 Å². The maximum absolute atomic E-state index is 14.2. The number of nitrogens with zero attached hydrogens (tertiary/aromatic N) is 7. The quantitative estimate of drug-likeness (QED) is 0.0907. The van der Waals surface area contributed by atoms with Gasteiger partial charge in [-0.05, 0) is 112 Å². The van der Waals surface area contributed by atoms with E-state index in [9.17, 15) is 34.6 Å².